The number of thiocarbonyl (C=S) groups is 1. The maximum atomic E-state index is 12.9. The minimum atomic E-state index is -0.662. The number of rotatable bonds is 7. The number of nitrogens with one attached hydrogen (secondary N) is 1. The minimum Gasteiger partial charge on any atom is -0.392 e. The summed E-state index contributed by atoms with van der Waals surface area (Å²) in [5.74, 6) is 0.310. The largest absolute Gasteiger partial charge is 0.392 e. The fraction of sp³-hybridized carbons (Fsp3) is 0.875. The summed E-state index contributed by atoms with van der Waals surface area (Å²) < 4.78 is 5.48. The van der Waals surface area contributed by atoms with E-state index in [0.717, 1.165) is 38.5 Å². The van der Waals surface area contributed by atoms with Gasteiger partial charge in [-0.2, -0.15) is 0 Å². The Morgan fingerprint density at radius 3 is 2.29 bits per heavy atom. The Hall–Kier alpha value is -0.680. The van der Waals surface area contributed by atoms with E-state index in [2.05, 4.69) is 19.2 Å². The average molecular weight is 314 g/mol. The van der Waals surface area contributed by atoms with Gasteiger partial charge in [-0.25, -0.2) is 0 Å². The van der Waals surface area contributed by atoms with Crippen LogP contribution in [0, 0.1) is 11.3 Å². The van der Waals surface area contributed by atoms with Gasteiger partial charge in [-0.05, 0) is 25.7 Å². The predicted molar refractivity (Wildman–Crippen MR) is 90.2 cm³/mol. The van der Waals surface area contributed by atoms with Crippen molar-refractivity contribution in [3.05, 3.63) is 0 Å². The van der Waals surface area contributed by atoms with Gasteiger partial charge >= 0.3 is 0 Å². The number of amides is 1. The van der Waals surface area contributed by atoms with Gasteiger partial charge in [-0.3, -0.25) is 4.79 Å². The second-order valence-electron chi connectivity index (χ2n) is 6.34. The van der Waals surface area contributed by atoms with E-state index in [1.165, 1.54) is 0 Å². The SMILES string of the molecule is CCOCC(NC(=O)C1(C(N)=S)CCCCCC1)C(C)C. The van der Waals surface area contributed by atoms with Gasteiger partial charge in [0.05, 0.1) is 23.1 Å². The molecular weight excluding hydrogens is 284 g/mol. The van der Waals surface area contributed by atoms with Crippen LogP contribution in [0.15, 0.2) is 0 Å². The standard InChI is InChI=1S/C16H30N2O2S/c1-4-20-11-13(12(2)3)18-15(19)16(14(17)21)9-7-5-6-8-10-16/h12-13H,4-11H2,1-3H3,(H2,17,21)(H,18,19). The lowest BCUT2D eigenvalue weighted by molar-refractivity contribution is -0.129. The predicted octanol–water partition coefficient (Wildman–Crippen LogP) is 2.79. The highest BCUT2D eigenvalue weighted by Gasteiger charge is 2.42. The van der Waals surface area contributed by atoms with E-state index in [1.54, 1.807) is 0 Å². The molecular formula is C16H30N2O2S. The van der Waals surface area contributed by atoms with E-state index in [-0.39, 0.29) is 11.9 Å². The molecule has 1 aliphatic carbocycles. The summed E-state index contributed by atoms with van der Waals surface area (Å²) in [6.07, 6.45) is 5.89. The zero-order valence-electron chi connectivity index (χ0n) is 13.6. The third kappa shape index (κ3) is 4.92. The second-order valence-corrected chi connectivity index (χ2v) is 6.78. The van der Waals surface area contributed by atoms with Crippen LogP contribution < -0.4 is 11.1 Å². The molecule has 122 valence electrons. The molecule has 4 nitrogen and oxygen atoms in total. The molecule has 0 radical (unpaired) electrons. The molecule has 0 saturated heterocycles. The first-order chi connectivity index (χ1) is 9.94. The van der Waals surface area contributed by atoms with E-state index >= 15 is 0 Å². The van der Waals surface area contributed by atoms with Crippen LogP contribution in [-0.4, -0.2) is 30.2 Å². The summed E-state index contributed by atoms with van der Waals surface area (Å²) in [5, 5.41) is 3.14. The molecule has 21 heavy (non-hydrogen) atoms. The maximum absolute atomic E-state index is 12.9. The van der Waals surface area contributed by atoms with Crippen molar-refractivity contribution in [1.29, 1.82) is 0 Å². The maximum Gasteiger partial charge on any atom is 0.233 e. The lowest BCUT2D eigenvalue weighted by Crippen LogP contribution is -2.53. The molecule has 1 fully saturated rings. The summed E-state index contributed by atoms with van der Waals surface area (Å²) in [6.45, 7) is 7.32. The molecule has 1 amide bonds. The van der Waals surface area contributed by atoms with Crippen molar-refractivity contribution < 1.29 is 9.53 Å². The Labute approximate surface area is 134 Å². The third-order valence-corrected chi connectivity index (χ3v) is 4.88. The van der Waals surface area contributed by atoms with Gasteiger partial charge in [0.1, 0.15) is 0 Å². The van der Waals surface area contributed by atoms with Crippen molar-refractivity contribution in [3.8, 4) is 0 Å². The van der Waals surface area contributed by atoms with Crippen molar-refractivity contribution in [2.75, 3.05) is 13.2 Å². The molecule has 1 rings (SSSR count). The van der Waals surface area contributed by atoms with Gasteiger partial charge < -0.3 is 15.8 Å². The van der Waals surface area contributed by atoms with Crippen molar-refractivity contribution in [2.24, 2.45) is 17.1 Å². The van der Waals surface area contributed by atoms with Crippen molar-refractivity contribution in [2.45, 2.75) is 65.3 Å². The number of carbonyl (C=O) groups excluding carboxylic acids is 1. The van der Waals surface area contributed by atoms with E-state index in [1.807, 2.05) is 6.92 Å². The Kier molecular flexibility index (Phi) is 7.60. The summed E-state index contributed by atoms with van der Waals surface area (Å²) in [6, 6.07) is 0.00641. The number of hydrogen-bond acceptors (Lipinski definition) is 3. The van der Waals surface area contributed by atoms with Gasteiger partial charge in [-0.15, -0.1) is 0 Å². The molecule has 0 aromatic heterocycles. The summed E-state index contributed by atoms with van der Waals surface area (Å²) in [7, 11) is 0. The Bertz CT molecular complexity index is 350. The van der Waals surface area contributed by atoms with E-state index in [4.69, 9.17) is 22.7 Å². The summed E-state index contributed by atoms with van der Waals surface area (Å²) in [5.41, 5.74) is 5.30. The molecule has 0 aromatic carbocycles. The zero-order chi connectivity index (χ0) is 15.9. The van der Waals surface area contributed by atoms with Gasteiger partial charge in [0, 0.05) is 6.61 Å². The number of nitrogens with two attached hydrogens (primary N) is 1. The second kappa shape index (κ2) is 8.69. The molecule has 1 saturated carbocycles. The first-order valence-electron chi connectivity index (χ1n) is 8.12. The van der Waals surface area contributed by atoms with Crippen LogP contribution in [0.25, 0.3) is 0 Å². The minimum absolute atomic E-state index is 0.00435. The molecule has 0 bridgehead atoms. The quantitative estimate of drug-likeness (QED) is 0.560. The highest BCUT2D eigenvalue weighted by Crippen LogP contribution is 2.36. The van der Waals surface area contributed by atoms with Crippen LogP contribution in [0.1, 0.15) is 59.3 Å². The smallest absolute Gasteiger partial charge is 0.233 e. The van der Waals surface area contributed by atoms with Gasteiger partial charge in [0.15, 0.2) is 0 Å². The van der Waals surface area contributed by atoms with Crippen LogP contribution in [0.5, 0.6) is 0 Å². The number of hydrogen-bond donors (Lipinski definition) is 2. The molecule has 1 unspecified atom stereocenters. The third-order valence-electron chi connectivity index (χ3n) is 4.49. The molecule has 1 atom stereocenters. The van der Waals surface area contributed by atoms with Crippen molar-refractivity contribution in [1.82, 2.24) is 5.32 Å². The Morgan fingerprint density at radius 1 is 1.29 bits per heavy atom. The first kappa shape index (κ1) is 18.4. The van der Waals surface area contributed by atoms with Gasteiger partial charge in [-0.1, -0.05) is 51.7 Å². The number of ether oxygens (including phenoxy) is 1. The lowest BCUT2D eigenvalue weighted by atomic mass is 9.79. The molecule has 5 heteroatoms. The van der Waals surface area contributed by atoms with Crippen molar-refractivity contribution in [3.63, 3.8) is 0 Å². The summed E-state index contributed by atoms with van der Waals surface area (Å²) >= 11 is 5.26. The first-order valence-corrected chi connectivity index (χ1v) is 8.53. The molecule has 0 spiro atoms. The van der Waals surface area contributed by atoms with Crippen LogP contribution in [0.3, 0.4) is 0 Å². The Balaban J connectivity index is 2.82. The van der Waals surface area contributed by atoms with E-state index in [0.29, 0.717) is 24.1 Å². The summed E-state index contributed by atoms with van der Waals surface area (Å²) in [4.78, 5) is 13.2. The Morgan fingerprint density at radius 2 is 1.86 bits per heavy atom. The fourth-order valence-corrected chi connectivity index (χ4v) is 3.17. The van der Waals surface area contributed by atoms with Gasteiger partial charge in [0.2, 0.25) is 5.91 Å². The molecule has 1 aliphatic rings. The van der Waals surface area contributed by atoms with Crippen LogP contribution >= 0.6 is 12.2 Å². The molecule has 3 N–H and O–H groups in total. The molecule has 0 aromatic rings. The van der Waals surface area contributed by atoms with Crippen LogP contribution in [0.4, 0.5) is 0 Å². The monoisotopic (exact) mass is 314 g/mol. The fourth-order valence-electron chi connectivity index (χ4n) is 2.87. The highest BCUT2D eigenvalue weighted by atomic mass is 32.1. The van der Waals surface area contributed by atoms with Crippen molar-refractivity contribution >= 4 is 23.1 Å². The number of carbonyl (C=O) groups is 1. The van der Waals surface area contributed by atoms with Gasteiger partial charge in [0.25, 0.3) is 0 Å². The molecule has 0 heterocycles. The van der Waals surface area contributed by atoms with E-state index < -0.39 is 5.41 Å². The van der Waals surface area contributed by atoms with E-state index in [9.17, 15) is 4.79 Å². The van der Waals surface area contributed by atoms with Crippen LogP contribution in [0.2, 0.25) is 0 Å². The zero-order valence-corrected chi connectivity index (χ0v) is 14.4. The van der Waals surface area contributed by atoms with Crippen LogP contribution in [-0.2, 0) is 9.53 Å². The highest BCUT2D eigenvalue weighted by molar-refractivity contribution is 7.80. The normalized spacial score (nSPS) is 19.8. The molecule has 0 aliphatic heterocycles. The average Bonchev–Trinajstić information content (AvgIpc) is 2.69. The lowest BCUT2D eigenvalue weighted by Gasteiger charge is -2.33. The topological polar surface area (TPSA) is 64.3 Å².